The van der Waals surface area contributed by atoms with E-state index in [9.17, 15) is 18.0 Å². The second-order valence-electron chi connectivity index (χ2n) is 7.82. The van der Waals surface area contributed by atoms with Crippen molar-refractivity contribution in [3.8, 4) is 0 Å². The van der Waals surface area contributed by atoms with Crippen LogP contribution < -0.4 is 10.0 Å². The van der Waals surface area contributed by atoms with Crippen molar-refractivity contribution >= 4 is 44.6 Å². The lowest BCUT2D eigenvalue weighted by Crippen LogP contribution is -2.30. The molecule has 2 aromatic heterocycles. The minimum atomic E-state index is -3.98. The van der Waals surface area contributed by atoms with Crippen LogP contribution in [-0.2, 0) is 19.6 Å². The molecule has 2 aromatic carbocycles. The van der Waals surface area contributed by atoms with Crippen molar-refractivity contribution in [2.24, 2.45) is 0 Å². The number of aromatic amines is 1. The molecule has 0 aliphatic rings. The quantitative estimate of drug-likeness (QED) is 0.331. The summed E-state index contributed by atoms with van der Waals surface area (Å²) in [6, 6.07) is 11.1. The van der Waals surface area contributed by atoms with Gasteiger partial charge in [0.2, 0.25) is 0 Å². The van der Waals surface area contributed by atoms with E-state index in [0.717, 1.165) is 5.56 Å². The van der Waals surface area contributed by atoms with Gasteiger partial charge in [0.05, 0.1) is 16.8 Å². The van der Waals surface area contributed by atoms with Gasteiger partial charge in [-0.1, -0.05) is 18.2 Å². The van der Waals surface area contributed by atoms with E-state index in [4.69, 9.17) is 4.74 Å². The van der Waals surface area contributed by atoms with Crippen LogP contribution in [0.4, 0.5) is 11.5 Å². The van der Waals surface area contributed by atoms with E-state index >= 15 is 0 Å². The summed E-state index contributed by atoms with van der Waals surface area (Å²) in [7, 11) is -3.98. The van der Waals surface area contributed by atoms with E-state index in [1.165, 1.54) is 37.8 Å². The number of carbonyl (C=O) groups is 2. The number of anilines is 2. The van der Waals surface area contributed by atoms with Gasteiger partial charge in [0.25, 0.3) is 15.9 Å². The number of rotatable bonds is 7. The second-order valence-corrected chi connectivity index (χ2v) is 9.47. The lowest BCUT2D eigenvalue weighted by molar-refractivity contribution is -0.123. The number of hydrogen-bond donors (Lipinski definition) is 3. The van der Waals surface area contributed by atoms with Crippen LogP contribution in [-0.4, -0.2) is 46.3 Å². The van der Waals surface area contributed by atoms with Crippen LogP contribution in [0.3, 0.4) is 0 Å². The van der Waals surface area contributed by atoms with Crippen molar-refractivity contribution in [2.45, 2.75) is 31.8 Å². The monoisotopic (exact) mass is 494 g/mol. The number of esters is 1. The van der Waals surface area contributed by atoms with E-state index in [2.05, 4.69) is 30.0 Å². The molecule has 180 valence electrons. The first-order valence-electron chi connectivity index (χ1n) is 10.5. The summed E-state index contributed by atoms with van der Waals surface area (Å²) in [5.41, 5.74) is 2.51. The Morgan fingerprint density at radius 2 is 1.86 bits per heavy atom. The maximum Gasteiger partial charge on any atom is 0.338 e. The highest BCUT2D eigenvalue weighted by atomic mass is 32.2. The van der Waals surface area contributed by atoms with Crippen molar-refractivity contribution in [1.29, 1.82) is 0 Å². The second kappa shape index (κ2) is 9.50. The highest BCUT2D eigenvalue weighted by Gasteiger charge is 2.24. The first-order valence-corrected chi connectivity index (χ1v) is 12.0. The average Bonchev–Trinajstić information content (AvgIpc) is 3.29. The van der Waals surface area contributed by atoms with Gasteiger partial charge >= 0.3 is 5.97 Å². The minimum absolute atomic E-state index is 0.0159. The van der Waals surface area contributed by atoms with Crippen LogP contribution in [0, 0.1) is 13.8 Å². The van der Waals surface area contributed by atoms with Crippen LogP contribution in [0.5, 0.6) is 0 Å². The van der Waals surface area contributed by atoms with Gasteiger partial charge in [0.15, 0.2) is 17.6 Å². The highest BCUT2D eigenvalue weighted by molar-refractivity contribution is 7.92. The number of sulfonamides is 1. The van der Waals surface area contributed by atoms with Crippen molar-refractivity contribution in [3.63, 3.8) is 0 Å². The third kappa shape index (κ3) is 5.27. The molecular weight excluding hydrogens is 472 g/mol. The molecule has 4 rings (SSSR count). The fourth-order valence-electron chi connectivity index (χ4n) is 3.30. The number of nitrogens with zero attached hydrogens (tertiary/aromatic N) is 3. The van der Waals surface area contributed by atoms with Crippen LogP contribution >= 0.6 is 0 Å². The smallest absolute Gasteiger partial charge is 0.338 e. The van der Waals surface area contributed by atoms with Gasteiger partial charge in [0.1, 0.15) is 11.8 Å². The SMILES string of the molecule is Cc1cccc(NS(=O)(=O)c2cc(C(=O)OC(C)C(=O)Nc3ncnc4nc[nH]c34)ccc2C)c1. The minimum Gasteiger partial charge on any atom is -0.449 e. The van der Waals surface area contributed by atoms with Crippen LogP contribution in [0.15, 0.2) is 60.0 Å². The molecule has 0 saturated heterocycles. The molecule has 0 spiro atoms. The van der Waals surface area contributed by atoms with Crippen molar-refractivity contribution in [3.05, 3.63) is 71.8 Å². The zero-order chi connectivity index (χ0) is 25.2. The number of imidazole rings is 1. The van der Waals surface area contributed by atoms with Crippen molar-refractivity contribution < 1.29 is 22.7 Å². The molecular formula is C23H22N6O5S. The molecule has 0 bridgehead atoms. The summed E-state index contributed by atoms with van der Waals surface area (Å²) >= 11 is 0. The third-order valence-electron chi connectivity index (χ3n) is 5.10. The molecule has 35 heavy (non-hydrogen) atoms. The van der Waals surface area contributed by atoms with Crippen LogP contribution in [0.1, 0.15) is 28.4 Å². The van der Waals surface area contributed by atoms with Gasteiger partial charge in [-0.25, -0.2) is 28.2 Å². The molecule has 4 aromatic rings. The molecule has 2 heterocycles. The van der Waals surface area contributed by atoms with Gasteiger partial charge in [-0.3, -0.25) is 9.52 Å². The molecule has 0 aliphatic heterocycles. The fourth-order valence-corrected chi connectivity index (χ4v) is 4.62. The summed E-state index contributed by atoms with van der Waals surface area (Å²) in [5, 5.41) is 2.56. The number of aromatic nitrogens is 4. The highest BCUT2D eigenvalue weighted by Crippen LogP contribution is 2.22. The summed E-state index contributed by atoms with van der Waals surface area (Å²) < 4.78 is 33.7. The number of amides is 1. The summed E-state index contributed by atoms with van der Waals surface area (Å²) in [4.78, 5) is 40.0. The van der Waals surface area contributed by atoms with E-state index in [1.54, 1.807) is 25.1 Å². The first-order chi connectivity index (χ1) is 16.6. The molecule has 0 aliphatic carbocycles. The fraction of sp³-hybridized carbons (Fsp3) is 0.174. The molecule has 3 N–H and O–H groups in total. The number of carbonyl (C=O) groups excluding carboxylic acids is 2. The molecule has 0 radical (unpaired) electrons. The normalized spacial score (nSPS) is 12.2. The Morgan fingerprint density at radius 1 is 1.06 bits per heavy atom. The van der Waals surface area contributed by atoms with Gasteiger partial charge in [0, 0.05) is 5.69 Å². The Balaban J connectivity index is 1.49. The predicted octanol–water partition coefficient (Wildman–Crippen LogP) is 2.95. The molecule has 0 saturated carbocycles. The Labute approximate surface area is 201 Å². The number of aryl methyl sites for hydroxylation is 2. The Kier molecular flexibility index (Phi) is 6.47. The number of benzene rings is 2. The Hall–Kier alpha value is -4.32. The molecule has 0 fully saturated rings. The number of ether oxygens (including phenoxy) is 1. The zero-order valence-corrected chi connectivity index (χ0v) is 19.9. The molecule has 1 atom stereocenters. The number of hydrogen-bond acceptors (Lipinski definition) is 8. The van der Waals surface area contributed by atoms with Crippen molar-refractivity contribution in [1.82, 2.24) is 19.9 Å². The van der Waals surface area contributed by atoms with Gasteiger partial charge in [-0.05, 0) is 56.2 Å². The summed E-state index contributed by atoms with van der Waals surface area (Å²) in [6.45, 7) is 4.86. The Morgan fingerprint density at radius 3 is 2.63 bits per heavy atom. The zero-order valence-electron chi connectivity index (χ0n) is 19.1. The van der Waals surface area contributed by atoms with E-state index in [-0.39, 0.29) is 16.3 Å². The molecule has 12 heteroatoms. The molecule has 1 unspecified atom stereocenters. The lowest BCUT2D eigenvalue weighted by Gasteiger charge is -2.15. The van der Waals surface area contributed by atoms with Crippen LogP contribution in [0.2, 0.25) is 0 Å². The maximum atomic E-state index is 13.0. The molecule has 11 nitrogen and oxygen atoms in total. The topological polar surface area (TPSA) is 156 Å². The standard InChI is InChI=1S/C23H22N6O5S/c1-13-5-4-6-17(9-13)29-35(32,33)18-10-16(8-7-14(18)2)23(31)34-15(3)22(30)28-21-19-20(25-11-24-19)26-12-27-21/h4-12,15,29H,1-3H3,(H2,24,25,26,27,28,30). The number of nitrogens with one attached hydrogen (secondary N) is 3. The maximum absolute atomic E-state index is 13.0. The van der Waals surface area contributed by atoms with Gasteiger partial charge in [-0.15, -0.1) is 0 Å². The van der Waals surface area contributed by atoms with Gasteiger partial charge < -0.3 is 15.0 Å². The summed E-state index contributed by atoms with van der Waals surface area (Å²) in [6.07, 6.45) is 1.46. The summed E-state index contributed by atoms with van der Waals surface area (Å²) in [5.74, 6) is -1.30. The third-order valence-corrected chi connectivity index (χ3v) is 6.62. The van der Waals surface area contributed by atoms with Crippen LogP contribution in [0.25, 0.3) is 11.2 Å². The number of H-pyrrole nitrogens is 1. The van der Waals surface area contributed by atoms with E-state index < -0.39 is 28.0 Å². The predicted molar refractivity (Wildman–Crippen MR) is 128 cm³/mol. The largest absolute Gasteiger partial charge is 0.449 e. The molecule has 1 amide bonds. The van der Waals surface area contributed by atoms with E-state index in [1.807, 2.05) is 13.0 Å². The van der Waals surface area contributed by atoms with Crippen molar-refractivity contribution in [2.75, 3.05) is 10.0 Å². The van der Waals surface area contributed by atoms with E-state index in [0.29, 0.717) is 22.4 Å². The average molecular weight is 495 g/mol. The number of fused-ring (bicyclic) bond motifs is 1. The Bertz CT molecular complexity index is 1530. The lowest BCUT2D eigenvalue weighted by atomic mass is 10.1. The van der Waals surface area contributed by atoms with Gasteiger partial charge in [-0.2, -0.15) is 0 Å². The first kappa shape index (κ1) is 23.8.